The number of cyclic esters (lactones) is 1. The third kappa shape index (κ3) is 3.65. The van der Waals surface area contributed by atoms with E-state index in [1.54, 1.807) is 6.08 Å². The van der Waals surface area contributed by atoms with Gasteiger partial charge >= 0.3 is 17.9 Å². The minimum atomic E-state index is -1.42. The van der Waals surface area contributed by atoms with E-state index in [9.17, 15) is 19.5 Å². The van der Waals surface area contributed by atoms with Crippen molar-refractivity contribution in [3.8, 4) is 0 Å². The molecule has 7 aliphatic rings. The fourth-order valence-corrected chi connectivity index (χ4v) is 8.66. The number of esters is 3. The summed E-state index contributed by atoms with van der Waals surface area (Å²) in [6.07, 6.45) is 2.13. The number of hydrogen-bond acceptors (Lipinski definition) is 12. The second-order valence-corrected chi connectivity index (χ2v) is 13.0. The Kier molecular flexibility index (Phi) is 6.31. The van der Waals surface area contributed by atoms with Crippen molar-refractivity contribution in [2.45, 2.75) is 106 Å². The number of methoxy groups -OCH3 is 1. The Labute approximate surface area is 243 Å². The molecule has 5 aliphatic heterocycles. The molecule has 1 saturated carbocycles. The standard InChI is InChI=1S/C30H38O12/c1-16-11-20-27(13-18(16)39-17(2)31)14-36-24(33)23-28(42-23)9-10-37-30(35-4,25(28)34)8-6-5-7-22(32)41-19-12-21(40-20)29(15-38-29)26(19,27)3/h5,7,11,18-21,23,25,34H,6,8-10,12-15H2,1-4H3/t18-,19+,20+,21+,23+,25+,26+,27+,28-,29-,30-/m0/s1. The molecule has 2 aliphatic carbocycles. The molecule has 42 heavy (non-hydrogen) atoms. The van der Waals surface area contributed by atoms with Gasteiger partial charge in [-0.15, -0.1) is 0 Å². The Morgan fingerprint density at radius 2 is 1.93 bits per heavy atom. The molecule has 3 spiro atoms. The lowest BCUT2D eigenvalue weighted by atomic mass is 9.51. The largest absolute Gasteiger partial charge is 0.463 e. The highest BCUT2D eigenvalue weighted by atomic mass is 16.7. The average molecular weight is 591 g/mol. The normalized spacial score (nSPS) is 51.0. The monoisotopic (exact) mass is 590 g/mol. The van der Waals surface area contributed by atoms with Gasteiger partial charge in [-0.1, -0.05) is 19.1 Å². The maximum Gasteiger partial charge on any atom is 0.338 e. The molecule has 0 amide bonds. The minimum absolute atomic E-state index is 0.131. The summed E-state index contributed by atoms with van der Waals surface area (Å²) in [5.41, 5.74) is -2.96. The van der Waals surface area contributed by atoms with Crippen LogP contribution in [0.2, 0.25) is 0 Å². The molecule has 5 heterocycles. The van der Waals surface area contributed by atoms with Crippen molar-refractivity contribution in [2.75, 3.05) is 26.9 Å². The highest BCUT2D eigenvalue weighted by Gasteiger charge is 2.84. The molecule has 1 N–H and O–H groups in total. The Bertz CT molecular complexity index is 1260. The molecule has 12 heteroatoms. The van der Waals surface area contributed by atoms with E-state index in [1.807, 2.05) is 19.9 Å². The number of carbonyl (C=O) groups excluding carboxylic acids is 3. The molecular formula is C30H38O12. The zero-order valence-electron chi connectivity index (χ0n) is 24.3. The Morgan fingerprint density at radius 1 is 1.14 bits per heavy atom. The zero-order valence-corrected chi connectivity index (χ0v) is 24.3. The van der Waals surface area contributed by atoms with Gasteiger partial charge in [0.15, 0.2) is 11.9 Å². The average Bonchev–Trinajstić information content (AvgIpc) is 3.86. The summed E-state index contributed by atoms with van der Waals surface area (Å²) >= 11 is 0. The van der Waals surface area contributed by atoms with Gasteiger partial charge in [-0.2, -0.15) is 0 Å². The van der Waals surface area contributed by atoms with Crippen molar-refractivity contribution >= 4 is 17.9 Å². The summed E-state index contributed by atoms with van der Waals surface area (Å²) in [5, 5.41) is 11.4. The van der Waals surface area contributed by atoms with Crippen LogP contribution in [0.25, 0.3) is 0 Å². The van der Waals surface area contributed by atoms with Crippen LogP contribution in [0.3, 0.4) is 0 Å². The molecule has 0 aromatic heterocycles. The number of allylic oxidation sites excluding steroid dienone is 1. The van der Waals surface area contributed by atoms with Gasteiger partial charge in [0.05, 0.1) is 36.3 Å². The molecule has 0 radical (unpaired) electrons. The fourth-order valence-electron chi connectivity index (χ4n) is 8.66. The number of ether oxygens (including phenoxy) is 8. The van der Waals surface area contributed by atoms with Crippen LogP contribution in [-0.4, -0.2) is 104 Å². The predicted molar refractivity (Wildman–Crippen MR) is 140 cm³/mol. The number of hydrogen-bond donors (Lipinski definition) is 1. The van der Waals surface area contributed by atoms with Crippen LogP contribution in [-0.2, 0) is 52.3 Å². The van der Waals surface area contributed by atoms with Crippen molar-refractivity contribution in [3.63, 3.8) is 0 Å². The Morgan fingerprint density at radius 3 is 2.64 bits per heavy atom. The molecule has 5 fully saturated rings. The number of rotatable bonds is 2. The van der Waals surface area contributed by atoms with Crippen molar-refractivity contribution < 1.29 is 57.4 Å². The first-order valence-electron chi connectivity index (χ1n) is 14.7. The summed E-state index contributed by atoms with van der Waals surface area (Å²) < 4.78 is 48.2. The van der Waals surface area contributed by atoms with Crippen LogP contribution >= 0.6 is 0 Å². The van der Waals surface area contributed by atoms with E-state index in [0.717, 1.165) is 5.57 Å². The van der Waals surface area contributed by atoms with Crippen molar-refractivity contribution in [1.29, 1.82) is 0 Å². The third-order valence-electron chi connectivity index (χ3n) is 11.2. The number of carbonyl (C=O) groups is 3. The summed E-state index contributed by atoms with van der Waals surface area (Å²) in [5.74, 6) is -3.01. The number of aliphatic hydroxyl groups is 1. The molecule has 0 aromatic carbocycles. The van der Waals surface area contributed by atoms with Crippen molar-refractivity contribution in [2.24, 2.45) is 10.8 Å². The molecule has 230 valence electrons. The maximum atomic E-state index is 13.7. The van der Waals surface area contributed by atoms with Gasteiger partial charge in [0, 0.05) is 45.8 Å². The van der Waals surface area contributed by atoms with Gasteiger partial charge in [-0.05, 0) is 18.9 Å². The second kappa shape index (κ2) is 9.33. The SMILES string of the molecule is CO[C@@]12CCC=CC(=O)O[C@@H]3C[C@H]4O[C@@H]5C=C(C)[C@@H](OC(C)=O)C[C@]5(COC(=O)[C@H]5O[C@]5(CCO1)[C@H]2O)[C@]3(C)[C@]41CO1. The quantitative estimate of drug-likeness (QED) is 0.213. The number of aliphatic hydroxyl groups excluding tert-OH is 1. The van der Waals surface area contributed by atoms with Crippen LogP contribution in [0.1, 0.15) is 52.9 Å². The number of epoxide rings is 2. The van der Waals surface area contributed by atoms with E-state index in [4.69, 9.17) is 37.9 Å². The summed E-state index contributed by atoms with van der Waals surface area (Å²) in [6.45, 7) is 5.72. The van der Waals surface area contributed by atoms with Gasteiger partial charge in [-0.3, -0.25) is 4.79 Å². The van der Waals surface area contributed by atoms with Gasteiger partial charge in [0.2, 0.25) is 0 Å². The van der Waals surface area contributed by atoms with E-state index in [-0.39, 0.29) is 38.6 Å². The first kappa shape index (κ1) is 28.4. The van der Waals surface area contributed by atoms with Gasteiger partial charge in [0.25, 0.3) is 0 Å². The first-order chi connectivity index (χ1) is 20.0. The van der Waals surface area contributed by atoms with Crippen LogP contribution in [0.5, 0.6) is 0 Å². The molecule has 4 saturated heterocycles. The van der Waals surface area contributed by atoms with Crippen LogP contribution in [0.4, 0.5) is 0 Å². The third-order valence-corrected chi connectivity index (χ3v) is 11.2. The number of fused-ring (bicyclic) bond motifs is 1. The molecule has 7 rings (SSSR count). The molecule has 0 unspecified atom stereocenters. The van der Waals surface area contributed by atoms with Crippen molar-refractivity contribution in [3.05, 3.63) is 23.8 Å². The maximum absolute atomic E-state index is 13.7. The Hall–Kier alpha value is -2.35. The molecule has 11 atom stereocenters. The predicted octanol–water partition coefficient (Wildman–Crippen LogP) is 1.27. The van der Waals surface area contributed by atoms with Gasteiger partial charge in [-0.25, -0.2) is 9.59 Å². The van der Waals surface area contributed by atoms with E-state index in [0.29, 0.717) is 19.4 Å². The molecular weight excluding hydrogens is 552 g/mol. The zero-order chi connectivity index (χ0) is 29.7. The lowest BCUT2D eigenvalue weighted by Gasteiger charge is -2.59. The highest BCUT2D eigenvalue weighted by Crippen LogP contribution is 2.72. The van der Waals surface area contributed by atoms with Crippen LogP contribution < -0.4 is 0 Å². The van der Waals surface area contributed by atoms with Crippen molar-refractivity contribution in [1.82, 2.24) is 0 Å². The van der Waals surface area contributed by atoms with Gasteiger partial charge in [0.1, 0.15) is 36.1 Å². The smallest absolute Gasteiger partial charge is 0.338 e. The van der Waals surface area contributed by atoms with E-state index in [2.05, 4.69) is 0 Å². The van der Waals surface area contributed by atoms with E-state index < -0.39 is 76.2 Å². The highest BCUT2D eigenvalue weighted by molar-refractivity contribution is 5.82. The minimum Gasteiger partial charge on any atom is -0.463 e. The molecule has 4 bridgehead atoms. The summed E-state index contributed by atoms with van der Waals surface area (Å²) in [7, 11) is 1.43. The molecule has 0 aromatic rings. The topological polar surface area (TPSA) is 152 Å². The van der Waals surface area contributed by atoms with Crippen LogP contribution in [0, 0.1) is 10.8 Å². The lowest BCUT2D eigenvalue weighted by molar-refractivity contribution is -0.308. The summed E-state index contributed by atoms with van der Waals surface area (Å²) in [4.78, 5) is 39.0. The second-order valence-electron chi connectivity index (χ2n) is 13.0. The Balaban J connectivity index is 1.30. The van der Waals surface area contributed by atoms with Crippen LogP contribution in [0.15, 0.2) is 23.8 Å². The first-order valence-corrected chi connectivity index (χ1v) is 14.7. The molecule has 12 nitrogen and oxygen atoms in total. The van der Waals surface area contributed by atoms with Gasteiger partial charge < -0.3 is 43.0 Å². The van der Waals surface area contributed by atoms with E-state index >= 15 is 0 Å². The lowest BCUT2D eigenvalue weighted by Crippen LogP contribution is -2.68. The summed E-state index contributed by atoms with van der Waals surface area (Å²) in [6, 6.07) is 0. The fraction of sp³-hybridized carbons (Fsp3) is 0.767. The van der Waals surface area contributed by atoms with E-state index in [1.165, 1.54) is 20.1 Å².